The molecule has 0 aliphatic carbocycles. The molecule has 0 radical (unpaired) electrons. The second-order valence-corrected chi connectivity index (χ2v) is 3.58. The van der Waals surface area contributed by atoms with E-state index in [1.165, 1.54) is 6.07 Å². The van der Waals surface area contributed by atoms with Gasteiger partial charge in [0.25, 0.3) is 0 Å². The van der Waals surface area contributed by atoms with Gasteiger partial charge in [-0.15, -0.1) is 0 Å². The van der Waals surface area contributed by atoms with Crippen molar-refractivity contribution in [3.8, 4) is 22.6 Å². The Balaban J connectivity index is 0.000000312. The van der Waals surface area contributed by atoms with E-state index in [2.05, 4.69) is 6.58 Å². The number of carbonyl (C=O) groups is 1. The van der Waals surface area contributed by atoms with Crippen LogP contribution in [-0.4, -0.2) is 21.3 Å². The van der Waals surface area contributed by atoms with Crippen molar-refractivity contribution in [1.29, 1.82) is 0 Å². The van der Waals surface area contributed by atoms with E-state index in [-0.39, 0.29) is 11.5 Å². The molecule has 0 unspecified atom stereocenters. The molecule has 3 N–H and O–H groups in total. The first-order valence-electron chi connectivity index (χ1n) is 5.48. The van der Waals surface area contributed by atoms with E-state index < -0.39 is 5.97 Å². The van der Waals surface area contributed by atoms with E-state index >= 15 is 0 Å². The maximum Gasteiger partial charge on any atom is 0.327 e. The van der Waals surface area contributed by atoms with Crippen molar-refractivity contribution in [2.24, 2.45) is 0 Å². The number of hydrogen-bond acceptors (Lipinski definition) is 3. The fraction of sp³-hybridized carbons (Fsp3) is 0. The number of phenols is 2. The number of phenolic OH excluding ortho intramolecular Hbond substituents is 2. The smallest absolute Gasteiger partial charge is 0.327 e. The molecule has 0 saturated heterocycles. The standard InChI is InChI=1S/C12H10O2.C3H4O2/c13-11-8-4-7-10(12(11)14)9-5-2-1-3-6-9;1-2-3(4)5/h1-8,13-14H;2H,1H2,(H,4,5). The van der Waals surface area contributed by atoms with Crippen LogP contribution in [0.15, 0.2) is 61.2 Å². The Bertz CT molecular complexity index is 562. The van der Waals surface area contributed by atoms with Crippen molar-refractivity contribution in [3.05, 3.63) is 61.2 Å². The Kier molecular flexibility index (Phi) is 5.17. The van der Waals surface area contributed by atoms with Gasteiger partial charge in [0.2, 0.25) is 0 Å². The van der Waals surface area contributed by atoms with Gasteiger partial charge in [0.05, 0.1) is 0 Å². The topological polar surface area (TPSA) is 77.8 Å². The Hall–Kier alpha value is -2.75. The molecule has 2 aromatic rings. The fourth-order valence-electron chi connectivity index (χ4n) is 1.38. The van der Waals surface area contributed by atoms with Crippen molar-refractivity contribution >= 4 is 5.97 Å². The van der Waals surface area contributed by atoms with Crippen LogP contribution in [-0.2, 0) is 4.79 Å². The van der Waals surface area contributed by atoms with Gasteiger partial charge >= 0.3 is 5.97 Å². The van der Waals surface area contributed by atoms with Crippen LogP contribution >= 0.6 is 0 Å². The lowest BCUT2D eigenvalue weighted by molar-refractivity contribution is -0.131. The number of rotatable bonds is 2. The Morgan fingerprint density at radius 3 is 2.11 bits per heavy atom. The van der Waals surface area contributed by atoms with Crippen LogP contribution in [0.2, 0.25) is 0 Å². The van der Waals surface area contributed by atoms with Crippen LogP contribution in [0.1, 0.15) is 0 Å². The van der Waals surface area contributed by atoms with Crippen molar-refractivity contribution in [2.45, 2.75) is 0 Å². The minimum absolute atomic E-state index is 0.0706. The summed E-state index contributed by atoms with van der Waals surface area (Å²) < 4.78 is 0. The Labute approximate surface area is 110 Å². The summed E-state index contributed by atoms with van der Waals surface area (Å²) in [6.07, 6.45) is 0.833. The molecule has 0 aromatic heterocycles. The number of benzene rings is 2. The Morgan fingerprint density at radius 1 is 1.00 bits per heavy atom. The highest BCUT2D eigenvalue weighted by Crippen LogP contribution is 2.35. The molecule has 0 heterocycles. The number of hydrogen-bond donors (Lipinski definition) is 3. The second kappa shape index (κ2) is 6.86. The zero-order valence-electron chi connectivity index (χ0n) is 10.2. The van der Waals surface area contributed by atoms with E-state index in [0.717, 1.165) is 11.6 Å². The highest BCUT2D eigenvalue weighted by Gasteiger charge is 2.06. The number of para-hydroxylation sites is 1. The summed E-state index contributed by atoms with van der Waals surface area (Å²) in [4.78, 5) is 9.25. The van der Waals surface area contributed by atoms with E-state index in [0.29, 0.717) is 5.56 Å². The van der Waals surface area contributed by atoms with Gasteiger partial charge in [-0.1, -0.05) is 49.0 Å². The molecule has 0 amide bonds. The third-order valence-corrected chi connectivity index (χ3v) is 2.27. The molecule has 0 aliphatic heterocycles. The SMILES string of the molecule is C=CC(=O)O.Oc1cccc(-c2ccccc2)c1O. The van der Waals surface area contributed by atoms with Crippen LogP contribution < -0.4 is 0 Å². The molecule has 2 rings (SSSR count). The summed E-state index contributed by atoms with van der Waals surface area (Å²) >= 11 is 0. The molecular formula is C15H14O4. The van der Waals surface area contributed by atoms with Gasteiger partial charge in [-0.2, -0.15) is 0 Å². The molecule has 19 heavy (non-hydrogen) atoms. The molecule has 0 spiro atoms. The molecule has 0 bridgehead atoms. The van der Waals surface area contributed by atoms with Gasteiger partial charge in [-0.3, -0.25) is 0 Å². The molecule has 0 fully saturated rings. The number of carboxylic acid groups (broad SMARTS) is 1. The largest absolute Gasteiger partial charge is 0.504 e. The predicted octanol–water partition coefficient (Wildman–Crippen LogP) is 3.02. The van der Waals surface area contributed by atoms with Crippen LogP contribution in [0.3, 0.4) is 0 Å². The van der Waals surface area contributed by atoms with Crippen LogP contribution in [0, 0.1) is 0 Å². The molecule has 0 saturated carbocycles. The molecule has 4 nitrogen and oxygen atoms in total. The first-order chi connectivity index (χ1) is 9.06. The van der Waals surface area contributed by atoms with Gasteiger partial charge in [0.1, 0.15) is 0 Å². The van der Waals surface area contributed by atoms with E-state index in [1.54, 1.807) is 12.1 Å². The van der Waals surface area contributed by atoms with E-state index in [9.17, 15) is 15.0 Å². The summed E-state index contributed by atoms with van der Waals surface area (Å²) in [6.45, 7) is 2.96. The van der Waals surface area contributed by atoms with Crippen LogP contribution in [0.4, 0.5) is 0 Å². The van der Waals surface area contributed by atoms with E-state index in [4.69, 9.17) is 5.11 Å². The van der Waals surface area contributed by atoms with Crippen molar-refractivity contribution < 1.29 is 20.1 Å². The van der Waals surface area contributed by atoms with Crippen molar-refractivity contribution in [3.63, 3.8) is 0 Å². The maximum absolute atomic E-state index is 9.60. The Morgan fingerprint density at radius 2 is 1.58 bits per heavy atom. The quantitative estimate of drug-likeness (QED) is 0.571. The zero-order valence-corrected chi connectivity index (χ0v) is 10.2. The van der Waals surface area contributed by atoms with Gasteiger partial charge in [0, 0.05) is 11.6 Å². The highest BCUT2D eigenvalue weighted by atomic mass is 16.4. The monoisotopic (exact) mass is 258 g/mol. The molecule has 98 valence electrons. The zero-order chi connectivity index (χ0) is 14.3. The first kappa shape index (κ1) is 14.3. The molecule has 4 heteroatoms. The molecule has 0 atom stereocenters. The molecular weight excluding hydrogens is 244 g/mol. The fourth-order valence-corrected chi connectivity index (χ4v) is 1.38. The summed E-state index contributed by atoms with van der Waals surface area (Å²) in [7, 11) is 0. The van der Waals surface area contributed by atoms with Crippen LogP contribution in [0.5, 0.6) is 11.5 Å². The predicted molar refractivity (Wildman–Crippen MR) is 73.0 cm³/mol. The summed E-state index contributed by atoms with van der Waals surface area (Å²) in [5.74, 6) is -1.14. The maximum atomic E-state index is 9.60. The average Bonchev–Trinajstić information content (AvgIpc) is 2.43. The lowest BCUT2D eigenvalue weighted by atomic mass is 10.0. The second-order valence-electron chi connectivity index (χ2n) is 3.58. The van der Waals surface area contributed by atoms with Crippen molar-refractivity contribution in [1.82, 2.24) is 0 Å². The van der Waals surface area contributed by atoms with Crippen molar-refractivity contribution in [2.75, 3.05) is 0 Å². The lowest BCUT2D eigenvalue weighted by Gasteiger charge is -2.05. The first-order valence-corrected chi connectivity index (χ1v) is 5.48. The van der Waals surface area contributed by atoms with Gasteiger partial charge < -0.3 is 15.3 Å². The van der Waals surface area contributed by atoms with Gasteiger partial charge in [-0.05, 0) is 11.6 Å². The van der Waals surface area contributed by atoms with E-state index in [1.807, 2.05) is 30.3 Å². The normalized spacial score (nSPS) is 9.05. The third-order valence-electron chi connectivity index (χ3n) is 2.27. The molecule has 0 aliphatic rings. The summed E-state index contributed by atoms with van der Waals surface area (Å²) in [5, 5.41) is 26.5. The summed E-state index contributed by atoms with van der Waals surface area (Å²) in [6, 6.07) is 14.4. The highest BCUT2D eigenvalue weighted by molar-refractivity contribution is 5.78. The van der Waals surface area contributed by atoms with Crippen LogP contribution in [0.25, 0.3) is 11.1 Å². The van der Waals surface area contributed by atoms with Gasteiger partial charge in [-0.25, -0.2) is 4.79 Å². The number of aromatic hydroxyl groups is 2. The minimum Gasteiger partial charge on any atom is -0.504 e. The number of carboxylic acids is 1. The number of aliphatic carboxylic acids is 1. The molecule has 2 aromatic carbocycles. The minimum atomic E-state index is -0.981. The average molecular weight is 258 g/mol. The lowest BCUT2D eigenvalue weighted by Crippen LogP contribution is -1.82. The van der Waals surface area contributed by atoms with Gasteiger partial charge in [0.15, 0.2) is 11.5 Å². The summed E-state index contributed by atoms with van der Waals surface area (Å²) in [5.41, 5.74) is 1.53. The third kappa shape index (κ3) is 4.20.